The normalized spacial score (nSPS) is 11.1. The van der Waals surface area contributed by atoms with Gasteiger partial charge >= 0.3 is 0 Å². The van der Waals surface area contributed by atoms with Gasteiger partial charge in [0.1, 0.15) is 0 Å². The lowest BCUT2D eigenvalue weighted by atomic mass is 9.88. The highest BCUT2D eigenvalue weighted by atomic mass is 14.2. The number of hydrogen-bond donors (Lipinski definition) is 0. The lowest BCUT2D eigenvalue weighted by Crippen LogP contribution is -2.04. The van der Waals surface area contributed by atoms with Crippen LogP contribution in [0.4, 0.5) is 0 Å². The van der Waals surface area contributed by atoms with Crippen LogP contribution in [0.2, 0.25) is 0 Å². The Morgan fingerprint density at radius 2 is 1.09 bits per heavy atom. The van der Waals surface area contributed by atoms with Crippen molar-refractivity contribution in [1.82, 2.24) is 0 Å². The number of rotatable bonds is 12. The van der Waals surface area contributed by atoms with Crippen LogP contribution in [0, 0.1) is 6.92 Å². The third kappa shape index (κ3) is 6.55. The highest BCUT2D eigenvalue weighted by molar-refractivity contribution is 5.41. The highest BCUT2D eigenvalue weighted by Gasteiger charge is 2.11. The van der Waals surface area contributed by atoms with Crippen LogP contribution in [0.1, 0.15) is 101 Å². The molecule has 0 radical (unpaired) electrons. The number of hydrogen-bond acceptors (Lipinski definition) is 0. The molecule has 1 aromatic rings. The van der Waals surface area contributed by atoms with Crippen molar-refractivity contribution in [2.45, 2.75) is 105 Å². The van der Waals surface area contributed by atoms with Crippen LogP contribution in [0.15, 0.2) is 12.1 Å². The molecule has 0 aliphatic heterocycles. The largest absolute Gasteiger partial charge is 0.0654 e. The maximum absolute atomic E-state index is 2.43. The zero-order valence-corrected chi connectivity index (χ0v) is 15.6. The second-order valence-electron chi connectivity index (χ2n) is 6.87. The molecule has 0 unspecified atom stereocenters. The molecule has 0 atom stereocenters. The van der Waals surface area contributed by atoms with Gasteiger partial charge in [-0.2, -0.15) is 0 Å². The molecule has 0 spiro atoms. The lowest BCUT2D eigenvalue weighted by Gasteiger charge is -2.18. The summed E-state index contributed by atoms with van der Waals surface area (Å²) in [5.74, 6) is 0. The average Bonchev–Trinajstić information content (AvgIpc) is 2.52. The highest BCUT2D eigenvalue weighted by Crippen LogP contribution is 2.25. The molecule has 1 aromatic carbocycles. The molecule has 0 N–H and O–H groups in total. The van der Waals surface area contributed by atoms with Crippen molar-refractivity contribution in [1.29, 1.82) is 0 Å². The number of benzene rings is 1. The van der Waals surface area contributed by atoms with E-state index >= 15 is 0 Å². The van der Waals surface area contributed by atoms with Crippen LogP contribution >= 0.6 is 0 Å². The summed E-state index contributed by atoms with van der Waals surface area (Å²) in [4.78, 5) is 0. The van der Waals surface area contributed by atoms with E-state index in [-0.39, 0.29) is 0 Å². The Labute approximate surface area is 139 Å². The molecule has 0 heteroatoms. The van der Waals surface area contributed by atoms with Crippen LogP contribution in [-0.2, 0) is 19.3 Å². The van der Waals surface area contributed by atoms with Gasteiger partial charge in [-0.1, -0.05) is 71.4 Å². The van der Waals surface area contributed by atoms with E-state index in [1.165, 1.54) is 82.6 Å². The molecule has 22 heavy (non-hydrogen) atoms. The van der Waals surface area contributed by atoms with Gasteiger partial charge < -0.3 is 0 Å². The van der Waals surface area contributed by atoms with Gasteiger partial charge in [0.2, 0.25) is 0 Å². The molecule has 1 rings (SSSR count). The average molecular weight is 303 g/mol. The van der Waals surface area contributed by atoms with Gasteiger partial charge in [-0.15, -0.1) is 0 Å². The van der Waals surface area contributed by atoms with Crippen molar-refractivity contribution in [2.75, 3.05) is 0 Å². The molecule has 0 aliphatic carbocycles. The lowest BCUT2D eigenvalue weighted by molar-refractivity contribution is 0.676. The van der Waals surface area contributed by atoms with Gasteiger partial charge in [-0.3, -0.25) is 0 Å². The van der Waals surface area contributed by atoms with E-state index in [1.54, 1.807) is 16.7 Å². The molecule has 0 amide bonds. The van der Waals surface area contributed by atoms with E-state index in [0.717, 1.165) is 0 Å². The van der Waals surface area contributed by atoms with Gasteiger partial charge in [0.25, 0.3) is 0 Å². The van der Waals surface area contributed by atoms with E-state index in [2.05, 4.69) is 39.8 Å². The molecule has 0 saturated carbocycles. The second kappa shape index (κ2) is 11.7. The molecule has 0 heterocycles. The zero-order chi connectivity index (χ0) is 16.2. The fourth-order valence-electron chi connectivity index (χ4n) is 3.42. The first-order valence-corrected chi connectivity index (χ1v) is 9.84. The van der Waals surface area contributed by atoms with Crippen LogP contribution in [0.25, 0.3) is 0 Å². The predicted octanol–water partition coefficient (Wildman–Crippen LogP) is 7.19. The fourth-order valence-corrected chi connectivity index (χ4v) is 3.42. The minimum atomic E-state index is 1.29. The summed E-state index contributed by atoms with van der Waals surface area (Å²) >= 11 is 0. The van der Waals surface area contributed by atoms with Gasteiger partial charge in [-0.05, 0) is 67.7 Å². The van der Waals surface area contributed by atoms with Crippen molar-refractivity contribution in [3.63, 3.8) is 0 Å². The molecular weight excluding hydrogens is 264 g/mol. The van der Waals surface area contributed by atoms with Crippen molar-refractivity contribution in [3.05, 3.63) is 34.4 Å². The Morgan fingerprint density at radius 1 is 0.591 bits per heavy atom. The monoisotopic (exact) mass is 302 g/mol. The smallest absolute Gasteiger partial charge is 0.0273 e. The van der Waals surface area contributed by atoms with Crippen molar-refractivity contribution in [3.8, 4) is 0 Å². The first-order chi connectivity index (χ1) is 10.7. The first-order valence-electron chi connectivity index (χ1n) is 9.84. The minimum absolute atomic E-state index is 1.29. The van der Waals surface area contributed by atoms with E-state index in [9.17, 15) is 0 Å². The molecule has 0 saturated heterocycles. The number of unbranched alkanes of at least 4 members (excludes halogenated alkanes) is 6. The van der Waals surface area contributed by atoms with E-state index in [4.69, 9.17) is 0 Å². The first kappa shape index (κ1) is 19.3. The summed E-state index contributed by atoms with van der Waals surface area (Å²) in [6.45, 7) is 9.23. The zero-order valence-electron chi connectivity index (χ0n) is 15.6. The summed E-state index contributed by atoms with van der Waals surface area (Å²) in [7, 11) is 0. The predicted molar refractivity (Wildman–Crippen MR) is 101 cm³/mol. The molecule has 0 aliphatic rings. The van der Waals surface area contributed by atoms with Gasteiger partial charge in [-0.25, -0.2) is 0 Å². The third-order valence-electron chi connectivity index (χ3n) is 4.87. The van der Waals surface area contributed by atoms with E-state index in [1.807, 2.05) is 0 Å². The molecule has 126 valence electrons. The van der Waals surface area contributed by atoms with Gasteiger partial charge in [0.15, 0.2) is 0 Å². The Hall–Kier alpha value is -0.780. The maximum Gasteiger partial charge on any atom is -0.0273 e. The Kier molecular flexibility index (Phi) is 10.3. The Morgan fingerprint density at radius 3 is 1.64 bits per heavy atom. The molecule has 0 fully saturated rings. The summed E-state index contributed by atoms with van der Waals surface area (Å²) in [5.41, 5.74) is 6.60. The van der Waals surface area contributed by atoms with Crippen LogP contribution in [-0.4, -0.2) is 0 Å². The minimum Gasteiger partial charge on any atom is -0.0654 e. The third-order valence-corrected chi connectivity index (χ3v) is 4.87. The standard InChI is InChI=1S/C22H38/c1-5-8-11-14-20-18-17-19(4)21(15-12-9-6-2)22(20)16-13-10-7-3/h17-18H,5-16H2,1-4H3. The van der Waals surface area contributed by atoms with Crippen LogP contribution in [0.5, 0.6) is 0 Å². The van der Waals surface area contributed by atoms with Gasteiger partial charge in [0.05, 0.1) is 0 Å². The summed E-state index contributed by atoms with van der Waals surface area (Å²) in [6, 6.07) is 4.81. The van der Waals surface area contributed by atoms with E-state index in [0.29, 0.717) is 0 Å². The van der Waals surface area contributed by atoms with Gasteiger partial charge in [0, 0.05) is 0 Å². The van der Waals surface area contributed by atoms with E-state index < -0.39 is 0 Å². The van der Waals surface area contributed by atoms with Crippen molar-refractivity contribution >= 4 is 0 Å². The Bertz CT molecular complexity index is 403. The molecule has 0 aromatic heterocycles. The maximum atomic E-state index is 2.43. The van der Waals surface area contributed by atoms with Crippen LogP contribution in [0.3, 0.4) is 0 Å². The number of aryl methyl sites for hydroxylation is 2. The quantitative estimate of drug-likeness (QED) is 0.358. The van der Waals surface area contributed by atoms with Crippen molar-refractivity contribution in [2.24, 2.45) is 0 Å². The summed E-state index contributed by atoms with van der Waals surface area (Å²) in [5, 5.41) is 0. The summed E-state index contributed by atoms with van der Waals surface area (Å²) < 4.78 is 0. The molecule has 0 bridgehead atoms. The SMILES string of the molecule is CCCCCc1ccc(C)c(CCCCC)c1CCCCC. The molecular formula is C22H38. The topological polar surface area (TPSA) is 0 Å². The molecule has 0 nitrogen and oxygen atoms in total. The van der Waals surface area contributed by atoms with Crippen LogP contribution < -0.4 is 0 Å². The fraction of sp³-hybridized carbons (Fsp3) is 0.727. The second-order valence-corrected chi connectivity index (χ2v) is 6.87. The van der Waals surface area contributed by atoms with Crippen molar-refractivity contribution < 1.29 is 0 Å². The Balaban J connectivity index is 2.89. The summed E-state index contributed by atoms with van der Waals surface area (Å²) in [6.07, 6.45) is 16.0.